The first kappa shape index (κ1) is 23.9. The zero-order chi connectivity index (χ0) is 25.2. The van der Waals surface area contributed by atoms with Gasteiger partial charge in [-0.05, 0) is 61.4 Å². The van der Waals surface area contributed by atoms with Gasteiger partial charge in [-0.1, -0.05) is 41.6 Å². The lowest BCUT2D eigenvalue weighted by Crippen LogP contribution is -2.21. The SMILES string of the molecule is Cc1cc(OC(C)c2ccccc2)ccc1NC(=O)c1nnn(-c2cccc(F)c2)c1C(F)(F)F. The Kier molecular flexibility index (Phi) is 6.54. The molecule has 0 saturated heterocycles. The molecule has 4 rings (SSSR count). The highest BCUT2D eigenvalue weighted by Crippen LogP contribution is 2.33. The van der Waals surface area contributed by atoms with Gasteiger partial charge in [0.1, 0.15) is 17.7 Å². The van der Waals surface area contributed by atoms with Gasteiger partial charge in [0.15, 0.2) is 11.4 Å². The van der Waals surface area contributed by atoms with Crippen molar-refractivity contribution >= 4 is 11.6 Å². The van der Waals surface area contributed by atoms with E-state index in [0.29, 0.717) is 16.0 Å². The van der Waals surface area contributed by atoms with E-state index in [1.807, 2.05) is 37.3 Å². The molecule has 10 heteroatoms. The summed E-state index contributed by atoms with van der Waals surface area (Å²) in [7, 11) is 0. The summed E-state index contributed by atoms with van der Waals surface area (Å²) < 4.78 is 61.4. The minimum Gasteiger partial charge on any atom is -0.486 e. The smallest absolute Gasteiger partial charge is 0.435 e. The fourth-order valence-corrected chi connectivity index (χ4v) is 3.51. The molecule has 1 aromatic heterocycles. The van der Waals surface area contributed by atoms with Gasteiger partial charge in [-0.3, -0.25) is 4.79 Å². The molecule has 0 spiro atoms. The molecule has 180 valence electrons. The Morgan fingerprint density at radius 1 is 1.03 bits per heavy atom. The summed E-state index contributed by atoms with van der Waals surface area (Å²) >= 11 is 0. The van der Waals surface area contributed by atoms with Crippen LogP contribution in [0.4, 0.5) is 23.2 Å². The minimum atomic E-state index is -4.97. The van der Waals surface area contributed by atoms with Gasteiger partial charge in [-0.25, -0.2) is 9.07 Å². The van der Waals surface area contributed by atoms with Gasteiger partial charge >= 0.3 is 6.18 Å². The number of halogens is 4. The fraction of sp³-hybridized carbons (Fsp3) is 0.160. The number of carbonyl (C=O) groups is 1. The van der Waals surface area contributed by atoms with Crippen molar-refractivity contribution in [3.05, 3.63) is 101 Å². The zero-order valence-corrected chi connectivity index (χ0v) is 18.7. The van der Waals surface area contributed by atoms with Crippen LogP contribution in [0.2, 0.25) is 0 Å². The summed E-state index contributed by atoms with van der Waals surface area (Å²) in [5.41, 5.74) is -0.725. The molecule has 1 unspecified atom stereocenters. The first-order valence-electron chi connectivity index (χ1n) is 10.6. The van der Waals surface area contributed by atoms with Crippen molar-refractivity contribution in [3.8, 4) is 11.4 Å². The number of nitrogens with one attached hydrogen (secondary N) is 1. The number of aromatic nitrogens is 3. The third-order valence-corrected chi connectivity index (χ3v) is 5.23. The van der Waals surface area contributed by atoms with E-state index in [1.54, 1.807) is 19.1 Å². The average molecular weight is 484 g/mol. The molecule has 0 aliphatic carbocycles. The fourth-order valence-electron chi connectivity index (χ4n) is 3.51. The van der Waals surface area contributed by atoms with Crippen LogP contribution < -0.4 is 10.1 Å². The van der Waals surface area contributed by atoms with Crippen LogP contribution in [-0.4, -0.2) is 20.9 Å². The van der Waals surface area contributed by atoms with Crippen molar-refractivity contribution in [2.24, 2.45) is 0 Å². The van der Waals surface area contributed by atoms with Crippen molar-refractivity contribution < 1.29 is 27.1 Å². The Morgan fingerprint density at radius 3 is 2.43 bits per heavy atom. The third-order valence-electron chi connectivity index (χ3n) is 5.23. The van der Waals surface area contributed by atoms with Gasteiger partial charge in [0.2, 0.25) is 0 Å². The number of anilines is 1. The average Bonchev–Trinajstić information content (AvgIpc) is 3.28. The Morgan fingerprint density at radius 2 is 1.77 bits per heavy atom. The molecular weight excluding hydrogens is 464 g/mol. The Labute approximate surface area is 198 Å². The summed E-state index contributed by atoms with van der Waals surface area (Å²) in [6.45, 7) is 3.57. The number of aryl methyl sites for hydroxylation is 1. The molecule has 0 radical (unpaired) electrons. The number of hydrogen-bond acceptors (Lipinski definition) is 4. The van der Waals surface area contributed by atoms with E-state index in [-0.39, 0.29) is 17.5 Å². The predicted molar refractivity (Wildman–Crippen MR) is 121 cm³/mol. The third kappa shape index (κ3) is 5.32. The van der Waals surface area contributed by atoms with Crippen LogP contribution >= 0.6 is 0 Å². The summed E-state index contributed by atoms with van der Waals surface area (Å²) in [5, 5.41) is 9.34. The first-order valence-corrected chi connectivity index (χ1v) is 10.6. The van der Waals surface area contributed by atoms with Crippen LogP contribution in [0.15, 0.2) is 72.8 Å². The monoisotopic (exact) mass is 484 g/mol. The highest BCUT2D eigenvalue weighted by molar-refractivity contribution is 6.04. The van der Waals surface area contributed by atoms with E-state index in [1.165, 1.54) is 18.2 Å². The van der Waals surface area contributed by atoms with Crippen molar-refractivity contribution in [1.29, 1.82) is 0 Å². The molecule has 1 atom stereocenters. The maximum Gasteiger partial charge on any atom is 0.435 e. The van der Waals surface area contributed by atoms with Crippen molar-refractivity contribution in [1.82, 2.24) is 15.0 Å². The molecule has 6 nitrogen and oxygen atoms in total. The van der Waals surface area contributed by atoms with Crippen LogP contribution in [0.1, 0.15) is 40.3 Å². The zero-order valence-electron chi connectivity index (χ0n) is 18.7. The lowest BCUT2D eigenvalue weighted by molar-refractivity contribution is -0.143. The number of nitrogens with zero attached hydrogens (tertiary/aromatic N) is 3. The van der Waals surface area contributed by atoms with Gasteiger partial charge in [0.25, 0.3) is 5.91 Å². The molecule has 0 aliphatic rings. The van der Waals surface area contributed by atoms with Gasteiger partial charge in [-0.15, -0.1) is 5.10 Å². The lowest BCUT2D eigenvalue weighted by Gasteiger charge is -2.17. The number of amides is 1. The normalized spacial score (nSPS) is 12.3. The number of alkyl halides is 3. The first-order chi connectivity index (χ1) is 16.6. The molecule has 3 aromatic carbocycles. The second kappa shape index (κ2) is 9.57. The number of carbonyl (C=O) groups excluding carboxylic acids is 1. The van der Waals surface area contributed by atoms with Gasteiger partial charge in [-0.2, -0.15) is 13.2 Å². The van der Waals surface area contributed by atoms with Crippen molar-refractivity contribution in [2.45, 2.75) is 26.1 Å². The molecule has 0 saturated carbocycles. The topological polar surface area (TPSA) is 69.0 Å². The van der Waals surface area contributed by atoms with Crippen LogP contribution in [0.5, 0.6) is 5.75 Å². The van der Waals surface area contributed by atoms with Crippen LogP contribution in [0.25, 0.3) is 5.69 Å². The summed E-state index contributed by atoms with van der Waals surface area (Å²) in [5.74, 6) is -1.32. The number of rotatable bonds is 6. The number of hydrogen-bond donors (Lipinski definition) is 1. The van der Waals surface area contributed by atoms with E-state index < -0.39 is 29.3 Å². The standard InChI is InChI=1S/C25H20F4N4O2/c1-15-13-20(35-16(2)17-7-4-3-5-8-17)11-12-21(15)30-24(34)22-23(25(27,28)29)33(32-31-22)19-10-6-9-18(26)14-19/h3-14,16H,1-2H3,(H,30,34). The molecule has 35 heavy (non-hydrogen) atoms. The van der Waals surface area contributed by atoms with Gasteiger partial charge in [0, 0.05) is 5.69 Å². The molecule has 0 bridgehead atoms. The largest absolute Gasteiger partial charge is 0.486 e. The summed E-state index contributed by atoms with van der Waals surface area (Å²) in [6, 6.07) is 18.8. The van der Waals surface area contributed by atoms with Crippen LogP contribution in [-0.2, 0) is 6.18 Å². The minimum absolute atomic E-state index is 0.214. The van der Waals surface area contributed by atoms with Gasteiger partial charge in [0.05, 0.1) is 5.69 Å². The highest BCUT2D eigenvalue weighted by Gasteiger charge is 2.42. The Hall–Kier alpha value is -4.21. The molecule has 4 aromatic rings. The maximum atomic E-state index is 13.8. The molecule has 0 fully saturated rings. The van der Waals surface area contributed by atoms with E-state index in [9.17, 15) is 22.4 Å². The second-order valence-corrected chi connectivity index (χ2v) is 7.78. The molecule has 1 amide bonds. The van der Waals surface area contributed by atoms with E-state index in [0.717, 1.165) is 17.7 Å². The highest BCUT2D eigenvalue weighted by atomic mass is 19.4. The quantitative estimate of drug-likeness (QED) is 0.335. The second-order valence-electron chi connectivity index (χ2n) is 7.78. The maximum absolute atomic E-state index is 13.8. The number of benzene rings is 3. The molecular formula is C25H20F4N4O2. The summed E-state index contributed by atoms with van der Waals surface area (Å²) in [4.78, 5) is 12.8. The van der Waals surface area contributed by atoms with Gasteiger partial charge < -0.3 is 10.1 Å². The van der Waals surface area contributed by atoms with Crippen molar-refractivity contribution in [3.63, 3.8) is 0 Å². The van der Waals surface area contributed by atoms with E-state index in [2.05, 4.69) is 15.6 Å². The van der Waals surface area contributed by atoms with Crippen LogP contribution in [0, 0.1) is 12.7 Å². The predicted octanol–water partition coefficient (Wildman–Crippen LogP) is 6.13. The lowest BCUT2D eigenvalue weighted by atomic mass is 10.1. The molecule has 0 aliphatic heterocycles. The molecule has 1 N–H and O–H groups in total. The Balaban J connectivity index is 1.57. The van der Waals surface area contributed by atoms with Crippen LogP contribution in [0.3, 0.4) is 0 Å². The number of ether oxygens (including phenoxy) is 1. The van der Waals surface area contributed by atoms with E-state index in [4.69, 9.17) is 4.74 Å². The van der Waals surface area contributed by atoms with E-state index >= 15 is 0 Å². The van der Waals surface area contributed by atoms with Crippen molar-refractivity contribution in [2.75, 3.05) is 5.32 Å². The Bertz CT molecular complexity index is 1350. The summed E-state index contributed by atoms with van der Waals surface area (Å²) in [6.07, 6.45) is -5.20. The molecule has 1 heterocycles.